The Morgan fingerprint density at radius 2 is 0.537 bits per heavy atom. The van der Waals surface area contributed by atoms with E-state index in [-0.39, 0.29) is 25.7 Å². The molecule has 0 rings (SSSR count). The summed E-state index contributed by atoms with van der Waals surface area (Å²) in [6.45, 7) is 9.63. The van der Waals surface area contributed by atoms with Gasteiger partial charge in [-0.25, -0.2) is 9.13 Å². The van der Waals surface area contributed by atoms with Crippen LogP contribution in [0.15, 0.2) is 0 Å². The van der Waals surface area contributed by atoms with Crippen molar-refractivity contribution in [2.24, 2.45) is 11.8 Å². The van der Waals surface area contributed by atoms with E-state index in [2.05, 4.69) is 41.5 Å². The molecule has 6 atom stereocenters. The van der Waals surface area contributed by atoms with Gasteiger partial charge in [0.15, 0.2) is 12.2 Å². The van der Waals surface area contributed by atoms with Crippen LogP contribution < -0.4 is 0 Å². The SMILES string of the molecule is CCCCCCCCCCCCCC(=O)O[C@H](COC(=O)CCCCCCCCCCC)COP(=O)(O)OC[C@H](O)COP(=O)(O)OC[C@@H](COC(=O)CCCCCCCCCCCCC(C)C)OC(=O)CCCCCCCCCCCCCCCCCCCCC(C)CC. The molecule has 17 nitrogen and oxygen atoms in total. The molecule has 0 fully saturated rings. The molecule has 0 bridgehead atoms. The van der Waals surface area contributed by atoms with Gasteiger partial charge in [-0.1, -0.05) is 343 Å². The Labute approximate surface area is 581 Å². The van der Waals surface area contributed by atoms with Crippen LogP contribution in [0.5, 0.6) is 0 Å². The monoisotopic (exact) mass is 1400 g/mol. The highest BCUT2D eigenvalue weighted by molar-refractivity contribution is 7.47. The van der Waals surface area contributed by atoms with Crippen LogP contribution in [0.2, 0.25) is 0 Å². The molecule has 0 aromatic carbocycles. The predicted octanol–water partition coefficient (Wildman–Crippen LogP) is 22.3. The molecule has 0 amide bonds. The van der Waals surface area contributed by atoms with E-state index in [9.17, 15) is 43.2 Å². The van der Waals surface area contributed by atoms with Gasteiger partial charge in [0.2, 0.25) is 0 Å². The molecular weight excluding hydrogens is 1250 g/mol. The second kappa shape index (κ2) is 67.9. The third-order valence-corrected chi connectivity index (χ3v) is 20.0. The van der Waals surface area contributed by atoms with E-state index < -0.39 is 97.5 Å². The number of rotatable bonds is 75. The highest BCUT2D eigenvalue weighted by Gasteiger charge is 2.30. The number of esters is 4. The number of aliphatic hydroxyl groups excluding tert-OH is 1. The quantitative estimate of drug-likeness (QED) is 0.0222. The van der Waals surface area contributed by atoms with Crippen molar-refractivity contribution in [1.29, 1.82) is 0 Å². The maximum atomic E-state index is 13.1. The van der Waals surface area contributed by atoms with Crippen LogP contribution in [0, 0.1) is 11.8 Å². The van der Waals surface area contributed by atoms with Gasteiger partial charge in [-0.05, 0) is 37.5 Å². The van der Waals surface area contributed by atoms with Gasteiger partial charge in [-0.2, -0.15) is 0 Å². The topological polar surface area (TPSA) is 237 Å². The number of carbonyl (C=O) groups excluding carboxylic acids is 4. The van der Waals surface area contributed by atoms with Crippen molar-refractivity contribution in [3.8, 4) is 0 Å². The van der Waals surface area contributed by atoms with Crippen molar-refractivity contribution in [1.82, 2.24) is 0 Å². The van der Waals surface area contributed by atoms with E-state index in [0.29, 0.717) is 25.7 Å². The fraction of sp³-hybridized carbons (Fsp3) is 0.947. The van der Waals surface area contributed by atoms with Gasteiger partial charge in [-0.3, -0.25) is 37.3 Å². The molecule has 3 unspecified atom stereocenters. The first kappa shape index (κ1) is 93.1. The van der Waals surface area contributed by atoms with Gasteiger partial charge in [0.25, 0.3) is 0 Å². The van der Waals surface area contributed by atoms with Crippen LogP contribution in [0.3, 0.4) is 0 Å². The third-order valence-electron chi connectivity index (χ3n) is 18.1. The Bertz CT molecular complexity index is 1840. The molecule has 0 aliphatic carbocycles. The standard InChI is InChI=1S/C76H148O17P2/c1-7-10-12-14-16-18-27-36-42-48-54-60-75(80)92-71(64-86-73(78)58-52-46-40-32-17-15-13-11-8-2)66-90-94(82,83)88-62-70(77)63-89-95(84,85)91-67-72(65-87-74(79)59-53-47-41-35-31-30-33-38-44-50-56-68(4)5)93-76(81)61-55-49-43-37-29-26-24-22-20-19-21-23-25-28-34-39-45-51-57-69(6)9-3/h68-72,77H,7-67H2,1-6H3,(H,82,83)(H,84,85)/t69?,70-,71+,72+/m0/s1. The molecule has 0 aromatic rings. The van der Waals surface area contributed by atoms with Gasteiger partial charge < -0.3 is 33.8 Å². The van der Waals surface area contributed by atoms with Crippen LogP contribution in [0.25, 0.3) is 0 Å². The van der Waals surface area contributed by atoms with Gasteiger partial charge in [0.05, 0.1) is 26.4 Å². The summed E-state index contributed by atoms with van der Waals surface area (Å²) >= 11 is 0. The van der Waals surface area contributed by atoms with E-state index in [1.807, 2.05) is 0 Å². The summed E-state index contributed by atoms with van der Waals surface area (Å²) in [7, 11) is -9.91. The lowest BCUT2D eigenvalue weighted by Crippen LogP contribution is -2.30. The Hall–Kier alpha value is -1.94. The summed E-state index contributed by atoms with van der Waals surface area (Å²) in [5, 5.41) is 10.6. The number of ether oxygens (including phenoxy) is 4. The molecule has 0 aliphatic rings. The molecule has 0 spiro atoms. The average Bonchev–Trinajstić information content (AvgIpc) is 2.75. The van der Waals surface area contributed by atoms with Crippen LogP contribution in [-0.4, -0.2) is 96.7 Å². The number of hydrogen-bond acceptors (Lipinski definition) is 15. The molecule has 564 valence electrons. The Balaban J connectivity index is 5.17. The summed E-state index contributed by atoms with van der Waals surface area (Å²) in [5.41, 5.74) is 0. The van der Waals surface area contributed by atoms with Crippen molar-refractivity contribution >= 4 is 39.5 Å². The average molecular weight is 1400 g/mol. The fourth-order valence-electron chi connectivity index (χ4n) is 11.6. The zero-order valence-corrected chi connectivity index (χ0v) is 63.8. The number of phosphoric acid groups is 2. The van der Waals surface area contributed by atoms with Gasteiger partial charge in [0, 0.05) is 25.7 Å². The second-order valence-corrected chi connectivity index (χ2v) is 31.0. The summed E-state index contributed by atoms with van der Waals surface area (Å²) in [6.07, 6.45) is 55.5. The highest BCUT2D eigenvalue weighted by Crippen LogP contribution is 2.45. The third kappa shape index (κ3) is 69.0. The van der Waals surface area contributed by atoms with Crippen LogP contribution in [0.4, 0.5) is 0 Å². The van der Waals surface area contributed by atoms with Crippen molar-refractivity contribution in [3.05, 3.63) is 0 Å². The Morgan fingerprint density at radius 3 is 0.800 bits per heavy atom. The molecule has 0 aliphatic heterocycles. The lowest BCUT2D eigenvalue weighted by atomic mass is 9.99. The first-order valence-corrected chi connectivity index (χ1v) is 42.5. The molecule has 3 N–H and O–H groups in total. The Kier molecular flexibility index (Phi) is 66.5. The normalized spacial score (nSPS) is 14.3. The van der Waals surface area contributed by atoms with Crippen molar-refractivity contribution in [2.75, 3.05) is 39.6 Å². The number of hydrogen-bond donors (Lipinski definition) is 3. The van der Waals surface area contributed by atoms with Crippen molar-refractivity contribution < 1.29 is 80.2 Å². The second-order valence-electron chi connectivity index (χ2n) is 28.1. The zero-order valence-electron chi connectivity index (χ0n) is 62.0. The van der Waals surface area contributed by atoms with Crippen molar-refractivity contribution in [3.63, 3.8) is 0 Å². The van der Waals surface area contributed by atoms with Gasteiger partial charge in [0.1, 0.15) is 19.3 Å². The molecule has 0 heterocycles. The van der Waals surface area contributed by atoms with E-state index in [1.54, 1.807) is 0 Å². The molecule has 19 heteroatoms. The number of carbonyl (C=O) groups is 4. The summed E-state index contributed by atoms with van der Waals surface area (Å²) in [4.78, 5) is 72.7. The minimum atomic E-state index is -4.96. The number of phosphoric ester groups is 2. The molecular formula is C76H148O17P2. The van der Waals surface area contributed by atoms with E-state index in [1.165, 1.54) is 212 Å². The fourth-order valence-corrected chi connectivity index (χ4v) is 13.2. The molecule has 95 heavy (non-hydrogen) atoms. The van der Waals surface area contributed by atoms with Gasteiger partial charge >= 0.3 is 39.5 Å². The molecule has 0 aromatic heterocycles. The zero-order chi connectivity index (χ0) is 70.0. The van der Waals surface area contributed by atoms with E-state index in [0.717, 1.165) is 102 Å². The minimum absolute atomic E-state index is 0.107. The van der Waals surface area contributed by atoms with Crippen LogP contribution in [-0.2, 0) is 65.4 Å². The molecule has 0 radical (unpaired) electrons. The van der Waals surface area contributed by atoms with Crippen LogP contribution >= 0.6 is 15.6 Å². The Morgan fingerprint density at radius 1 is 0.305 bits per heavy atom. The van der Waals surface area contributed by atoms with Crippen LogP contribution in [0.1, 0.15) is 395 Å². The molecule has 0 saturated heterocycles. The summed E-state index contributed by atoms with van der Waals surface area (Å²) in [6, 6.07) is 0. The highest BCUT2D eigenvalue weighted by atomic mass is 31.2. The maximum absolute atomic E-state index is 13.1. The lowest BCUT2D eigenvalue weighted by molar-refractivity contribution is -0.161. The maximum Gasteiger partial charge on any atom is 0.472 e. The summed E-state index contributed by atoms with van der Waals surface area (Å²) in [5.74, 6) is -0.488. The number of aliphatic hydroxyl groups is 1. The first-order valence-electron chi connectivity index (χ1n) is 39.5. The van der Waals surface area contributed by atoms with E-state index >= 15 is 0 Å². The lowest BCUT2D eigenvalue weighted by Gasteiger charge is -2.21. The van der Waals surface area contributed by atoms with Gasteiger partial charge in [-0.15, -0.1) is 0 Å². The minimum Gasteiger partial charge on any atom is -0.462 e. The summed E-state index contributed by atoms with van der Waals surface area (Å²) < 4.78 is 68.4. The first-order chi connectivity index (χ1) is 45.9. The number of unbranched alkanes of at least 4 members (excludes halogenated alkanes) is 44. The van der Waals surface area contributed by atoms with E-state index in [4.69, 9.17) is 37.0 Å². The smallest absolute Gasteiger partial charge is 0.462 e. The molecule has 0 saturated carbocycles. The van der Waals surface area contributed by atoms with Crippen molar-refractivity contribution in [2.45, 2.75) is 413 Å². The predicted molar refractivity (Wildman–Crippen MR) is 386 cm³/mol. The largest absolute Gasteiger partial charge is 0.472 e.